The highest BCUT2D eigenvalue weighted by Gasteiger charge is 2.42. The Hall–Kier alpha value is -1.85. The summed E-state index contributed by atoms with van der Waals surface area (Å²) in [6, 6.07) is 7.85. The van der Waals surface area contributed by atoms with E-state index in [1.807, 2.05) is 42.3 Å². The number of carbonyl (C=O) groups excluding carboxylic acids is 1. The Morgan fingerprint density at radius 3 is 2.96 bits per heavy atom. The summed E-state index contributed by atoms with van der Waals surface area (Å²) in [7, 11) is 0. The van der Waals surface area contributed by atoms with Gasteiger partial charge in [-0.2, -0.15) is 0 Å². The van der Waals surface area contributed by atoms with E-state index in [1.165, 1.54) is 0 Å². The molecule has 0 spiro atoms. The SMILES string of the molecule is CC1(C2CCCN(C(=O)c3cccc4cc[nH]c34)C2)OCCO1. The molecule has 1 N–H and O–H groups in total. The number of nitrogens with zero attached hydrogens (tertiary/aromatic N) is 1. The second-order valence-corrected chi connectivity index (χ2v) is 6.55. The number of H-pyrrole nitrogens is 1. The lowest BCUT2D eigenvalue weighted by molar-refractivity contribution is -0.189. The van der Waals surface area contributed by atoms with Gasteiger partial charge in [0.25, 0.3) is 5.91 Å². The van der Waals surface area contributed by atoms with Crippen LogP contribution in [-0.2, 0) is 9.47 Å². The number of aromatic nitrogens is 1. The summed E-state index contributed by atoms with van der Waals surface area (Å²) in [5.41, 5.74) is 1.66. The van der Waals surface area contributed by atoms with Crippen LogP contribution >= 0.6 is 0 Å². The number of fused-ring (bicyclic) bond motifs is 1. The summed E-state index contributed by atoms with van der Waals surface area (Å²) < 4.78 is 11.6. The molecule has 5 nitrogen and oxygen atoms in total. The molecule has 2 aliphatic heterocycles. The highest BCUT2D eigenvalue weighted by molar-refractivity contribution is 6.05. The summed E-state index contributed by atoms with van der Waals surface area (Å²) in [5.74, 6) is -0.230. The number of benzene rings is 1. The Morgan fingerprint density at radius 1 is 1.30 bits per heavy atom. The minimum Gasteiger partial charge on any atom is -0.361 e. The summed E-state index contributed by atoms with van der Waals surface area (Å²) in [6.07, 6.45) is 3.90. The van der Waals surface area contributed by atoms with E-state index in [2.05, 4.69) is 4.98 Å². The molecular weight excluding hydrogens is 292 g/mol. The van der Waals surface area contributed by atoms with Gasteiger partial charge >= 0.3 is 0 Å². The minimum absolute atomic E-state index is 0.0874. The van der Waals surface area contributed by atoms with Crippen molar-refractivity contribution in [1.29, 1.82) is 0 Å². The van der Waals surface area contributed by atoms with E-state index in [4.69, 9.17) is 9.47 Å². The first kappa shape index (κ1) is 14.7. The predicted molar refractivity (Wildman–Crippen MR) is 87.2 cm³/mol. The molecule has 4 rings (SSSR count). The molecular formula is C18H22N2O3. The van der Waals surface area contributed by atoms with Crippen LogP contribution in [0.15, 0.2) is 30.5 Å². The first-order valence-corrected chi connectivity index (χ1v) is 8.31. The number of piperidine rings is 1. The fraction of sp³-hybridized carbons (Fsp3) is 0.500. The average molecular weight is 314 g/mol. The molecule has 0 saturated carbocycles. The molecule has 1 amide bonds. The Kier molecular flexibility index (Phi) is 3.62. The zero-order valence-corrected chi connectivity index (χ0v) is 13.4. The van der Waals surface area contributed by atoms with Crippen molar-refractivity contribution in [3.8, 4) is 0 Å². The van der Waals surface area contributed by atoms with Gasteiger partial charge in [0, 0.05) is 30.6 Å². The fourth-order valence-corrected chi connectivity index (χ4v) is 3.79. The van der Waals surface area contributed by atoms with Crippen molar-refractivity contribution in [2.45, 2.75) is 25.6 Å². The number of hydrogen-bond acceptors (Lipinski definition) is 3. The summed E-state index contributed by atoms with van der Waals surface area (Å²) in [5, 5.41) is 1.07. The van der Waals surface area contributed by atoms with Crippen molar-refractivity contribution in [3.05, 3.63) is 36.0 Å². The lowest BCUT2D eigenvalue weighted by Crippen LogP contribution is -2.48. The van der Waals surface area contributed by atoms with E-state index in [-0.39, 0.29) is 11.8 Å². The molecule has 122 valence electrons. The van der Waals surface area contributed by atoms with Gasteiger partial charge in [0.05, 0.1) is 24.3 Å². The third-order valence-electron chi connectivity index (χ3n) is 5.13. The molecule has 0 aliphatic carbocycles. The van der Waals surface area contributed by atoms with Crippen LogP contribution in [0.4, 0.5) is 0 Å². The minimum atomic E-state index is -0.544. The van der Waals surface area contributed by atoms with Gasteiger partial charge < -0.3 is 19.4 Å². The first-order valence-electron chi connectivity index (χ1n) is 8.31. The molecule has 23 heavy (non-hydrogen) atoms. The quantitative estimate of drug-likeness (QED) is 0.927. The molecule has 1 atom stereocenters. The number of carbonyl (C=O) groups is 1. The fourth-order valence-electron chi connectivity index (χ4n) is 3.79. The molecule has 1 aromatic carbocycles. The monoisotopic (exact) mass is 314 g/mol. The number of amides is 1. The van der Waals surface area contributed by atoms with E-state index >= 15 is 0 Å². The molecule has 1 aromatic heterocycles. The first-order chi connectivity index (χ1) is 11.2. The summed E-state index contributed by atoms with van der Waals surface area (Å²) in [4.78, 5) is 18.1. The van der Waals surface area contributed by atoms with E-state index < -0.39 is 5.79 Å². The Bertz CT molecular complexity index is 718. The number of para-hydroxylation sites is 1. The number of likely N-dealkylation sites (tertiary alicyclic amines) is 1. The maximum absolute atomic E-state index is 13.0. The van der Waals surface area contributed by atoms with Gasteiger partial charge in [-0.1, -0.05) is 12.1 Å². The molecule has 0 bridgehead atoms. The second kappa shape index (κ2) is 5.65. The van der Waals surface area contributed by atoms with Crippen LogP contribution in [0.2, 0.25) is 0 Å². The molecule has 3 heterocycles. The third kappa shape index (κ3) is 2.54. The lowest BCUT2D eigenvalue weighted by Gasteiger charge is -2.40. The van der Waals surface area contributed by atoms with Crippen LogP contribution in [0.1, 0.15) is 30.1 Å². The van der Waals surface area contributed by atoms with Gasteiger partial charge in [-0.25, -0.2) is 0 Å². The summed E-state index contributed by atoms with van der Waals surface area (Å²) >= 11 is 0. The number of ether oxygens (including phenoxy) is 2. The van der Waals surface area contributed by atoms with Crippen LogP contribution in [0, 0.1) is 5.92 Å². The van der Waals surface area contributed by atoms with E-state index in [1.54, 1.807) is 0 Å². The molecule has 5 heteroatoms. The zero-order chi connectivity index (χ0) is 15.9. The average Bonchev–Trinajstić information content (AvgIpc) is 3.23. The van der Waals surface area contributed by atoms with Gasteiger partial charge in [0.1, 0.15) is 0 Å². The largest absolute Gasteiger partial charge is 0.361 e. The van der Waals surface area contributed by atoms with Crippen LogP contribution in [0.25, 0.3) is 10.9 Å². The molecule has 2 fully saturated rings. The van der Waals surface area contributed by atoms with Crippen LogP contribution in [0.3, 0.4) is 0 Å². The number of hydrogen-bond donors (Lipinski definition) is 1. The van der Waals surface area contributed by atoms with Crippen molar-refractivity contribution >= 4 is 16.8 Å². The topological polar surface area (TPSA) is 54.6 Å². The smallest absolute Gasteiger partial charge is 0.255 e. The molecule has 0 radical (unpaired) electrons. The third-order valence-corrected chi connectivity index (χ3v) is 5.13. The Labute approximate surface area is 135 Å². The van der Waals surface area contributed by atoms with Crippen molar-refractivity contribution < 1.29 is 14.3 Å². The van der Waals surface area contributed by atoms with E-state index in [0.29, 0.717) is 19.8 Å². The van der Waals surface area contributed by atoms with E-state index in [9.17, 15) is 4.79 Å². The molecule has 1 unspecified atom stereocenters. The van der Waals surface area contributed by atoms with Gasteiger partial charge in [-0.15, -0.1) is 0 Å². The number of rotatable bonds is 2. The van der Waals surface area contributed by atoms with Gasteiger partial charge in [0.2, 0.25) is 0 Å². The standard InChI is InChI=1S/C18H22N2O3/c1-18(22-10-11-23-18)14-5-3-9-20(12-14)17(21)15-6-2-4-13-7-8-19-16(13)15/h2,4,6-8,14,19H,3,5,9-12H2,1H3. The van der Waals surface area contributed by atoms with Crippen molar-refractivity contribution in [2.75, 3.05) is 26.3 Å². The van der Waals surface area contributed by atoms with Crippen molar-refractivity contribution in [3.63, 3.8) is 0 Å². The van der Waals surface area contributed by atoms with E-state index in [0.717, 1.165) is 35.9 Å². The maximum Gasteiger partial charge on any atom is 0.255 e. The number of aromatic amines is 1. The zero-order valence-electron chi connectivity index (χ0n) is 13.4. The summed E-state index contributed by atoms with van der Waals surface area (Å²) in [6.45, 7) is 4.77. The highest BCUT2D eigenvalue weighted by atomic mass is 16.7. The van der Waals surface area contributed by atoms with Gasteiger partial charge in [-0.05, 0) is 31.9 Å². The number of nitrogens with one attached hydrogen (secondary N) is 1. The van der Waals surface area contributed by atoms with Gasteiger partial charge in [-0.3, -0.25) is 4.79 Å². The molecule has 2 aliphatic rings. The lowest BCUT2D eigenvalue weighted by atomic mass is 9.90. The second-order valence-electron chi connectivity index (χ2n) is 6.55. The van der Waals surface area contributed by atoms with Crippen molar-refractivity contribution in [1.82, 2.24) is 9.88 Å². The van der Waals surface area contributed by atoms with Crippen molar-refractivity contribution in [2.24, 2.45) is 5.92 Å². The Morgan fingerprint density at radius 2 is 2.13 bits per heavy atom. The van der Waals surface area contributed by atoms with Crippen LogP contribution < -0.4 is 0 Å². The Balaban J connectivity index is 1.57. The normalized spacial score (nSPS) is 24.2. The van der Waals surface area contributed by atoms with Gasteiger partial charge in [0.15, 0.2) is 5.79 Å². The molecule has 2 aromatic rings. The van der Waals surface area contributed by atoms with Crippen LogP contribution in [0.5, 0.6) is 0 Å². The highest BCUT2D eigenvalue weighted by Crippen LogP contribution is 2.34. The molecule has 2 saturated heterocycles. The van der Waals surface area contributed by atoms with Crippen LogP contribution in [-0.4, -0.2) is 47.9 Å². The maximum atomic E-state index is 13.0. The predicted octanol–water partition coefficient (Wildman–Crippen LogP) is 2.78.